The van der Waals surface area contributed by atoms with Gasteiger partial charge in [0, 0.05) is 0 Å². The molecule has 5 nitrogen and oxygen atoms in total. The molecular formula is C13H8FO5S-. The minimum absolute atomic E-state index is 0.316. The molecule has 0 aromatic heterocycles. The van der Waals surface area contributed by atoms with E-state index in [0.29, 0.717) is 0 Å². The highest BCUT2D eigenvalue weighted by atomic mass is 32.2. The highest BCUT2D eigenvalue weighted by molar-refractivity contribution is 7.87. The molecule has 0 unspecified atom stereocenters. The van der Waals surface area contributed by atoms with Gasteiger partial charge in [0.2, 0.25) is 0 Å². The van der Waals surface area contributed by atoms with Crippen LogP contribution in [0.2, 0.25) is 0 Å². The maximum Gasteiger partial charge on any atom is 0.339 e. The van der Waals surface area contributed by atoms with Gasteiger partial charge in [0.1, 0.15) is 4.90 Å². The second-order valence-electron chi connectivity index (χ2n) is 3.78. The Morgan fingerprint density at radius 3 is 2.45 bits per heavy atom. The van der Waals surface area contributed by atoms with E-state index in [0.717, 1.165) is 24.3 Å². The van der Waals surface area contributed by atoms with Crippen LogP contribution >= 0.6 is 0 Å². The van der Waals surface area contributed by atoms with Crippen LogP contribution in [-0.2, 0) is 10.1 Å². The first-order valence-corrected chi connectivity index (χ1v) is 6.81. The van der Waals surface area contributed by atoms with E-state index in [-0.39, 0.29) is 5.56 Å². The SMILES string of the molecule is O=C([O-])c1cccc(S(=O)(=O)Oc2ccccc2F)c1. The lowest BCUT2D eigenvalue weighted by molar-refractivity contribution is -0.255. The van der Waals surface area contributed by atoms with E-state index in [9.17, 15) is 22.7 Å². The topological polar surface area (TPSA) is 83.5 Å². The highest BCUT2D eigenvalue weighted by Crippen LogP contribution is 2.21. The third kappa shape index (κ3) is 2.94. The van der Waals surface area contributed by atoms with Gasteiger partial charge in [-0.25, -0.2) is 4.39 Å². The van der Waals surface area contributed by atoms with Gasteiger partial charge in [0.15, 0.2) is 11.6 Å². The molecule has 0 aliphatic heterocycles. The summed E-state index contributed by atoms with van der Waals surface area (Å²) in [5, 5.41) is 10.7. The molecule has 0 saturated heterocycles. The van der Waals surface area contributed by atoms with Crippen LogP contribution in [0.25, 0.3) is 0 Å². The van der Waals surface area contributed by atoms with Crippen LogP contribution < -0.4 is 9.29 Å². The molecule has 2 aromatic carbocycles. The number of aromatic carboxylic acids is 1. The lowest BCUT2D eigenvalue weighted by atomic mass is 10.2. The molecule has 0 bridgehead atoms. The summed E-state index contributed by atoms with van der Waals surface area (Å²) in [4.78, 5) is 10.3. The summed E-state index contributed by atoms with van der Waals surface area (Å²) in [6.07, 6.45) is 0. The Kier molecular flexibility index (Phi) is 3.71. The monoisotopic (exact) mass is 295 g/mol. The standard InChI is InChI=1S/C13H9FO5S/c14-11-6-1-2-7-12(11)19-20(17,18)10-5-3-4-9(8-10)13(15)16/h1-8H,(H,15,16)/p-1. The van der Waals surface area contributed by atoms with E-state index >= 15 is 0 Å². The molecule has 7 heteroatoms. The summed E-state index contributed by atoms with van der Waals surface area (Å²) in [7, 11) is -4.32. The van der Waals surface area contributed by atoms with E-state index in [4.69, 9.17) is 0 Å². The lowest BCUT2D eigenvalue weighted by Gasteiger charge is -2.09. The Hall–Kier alpha value is -2.41. The Morgan fingerprint density at radius 2 is 1.80 bits per heavy atom. The van der Waals surface area contributed by atoms with Gasteiger partial charge in [-0.05, 0) is 29.8 Å². The molecule has 0 saturated carbocycles. The number of benzene rings is 2. The van der Waals surface area contributed by atoms with Crippen LogP contribution in [0.1, 0.15) is 10.4 Å². The number of para-hydroxylation sites is 1. The van der Waals surface area contributed by atoms with Gasteiger partial charge in [-0.15, -0.1) is 0 Å². The molecule has 0 radical (unpaired) electrons. The van der Waals surface area contributed by atoms with Crippen molar-refractivity contribution in [1.29, 1.82) is 0 Å². The number of halogens is 1. The number of carboxylic acids is 1. The van der Waals surface area contributed by atoms with Gasteiger partial charge in [-0.1, -0.05) is 24.3 Å². The van der Waals surface area contributed by atoms with Crippen LogP contribution in [-0.4, -0.2) is 14.4 Å². The Balaban J connectivity index is 2.38. The second kappa shape index (κ2) is 5.30. The molecule has 0 atom stereocenters. The first-order valence-electron chi connectivity index (χ1n) is 5.40. The molecule has 0 N–H and O–H groups in total. The molecule has 0 aliphatic rings. The van der Waals surface area contributed by atoms with Crippen molar-refractivity contribution in [3.05, 3.63) is 59.9 Å². The van der Waals surface area contributed by atoms with Crippen LogP contribution in [0.3, 0.4) is 0 Å². The average Bonchev–Trinajstić information content (AvgIpc) is 2.41. The van der Waals surface area contributed by atoms with Crippen molar-refractivity contribution in [2.45, 2.75) is 4.90 Å². The molecule has 0 aliphatic carbocycles. The normalized spacial score (nSPS) is 11.1. The van der Waals surface area contributed by atoms with Gasteiger partial charge in [0.05, 0.1) is 5.97 Å². The maximum atomic E-state index is 13.3. The van der Waals surface area contributed by atoms with Gasteiger partial charge in [0.25, 0.3) is 0 Å². The number of carbonyl (C=O) groups is 1. The van der Waals surface area contributed by atoms with Crippen molar-refractivity contribution in [1.82, 2.24) is 0 Å². The maximum absolute atomic E-state index is 13.3. The lowest BCUT2D eigenvalue weighted by Crippen LogP contribution is -2.22. The number of hydrogen-bond donors (Lipinski definition) is 0. The fourth-order valence-corrected chi connectivity index (χ4v) is 2.44. The summed E-state index contributed by atoms with van der Waals surface area (Å²) in [6.45, 7) is 0. The molecule has 2 rings (SSSR count). The predicted octanol–water partition coefficient (Wildman–Crippen LogP) is 0.957. The van der Waals surface area contributed by atoms with E-state index in [1.165, 1.54) is 24.3 Å². The first-order chi connectivity index (χ1) is 9.40. The highest BCUT2D eigenvalue weighted by Gasteiger charge is 2.19. The molecule has 0 spiro atoms. The summed E-state index contributed by atoms with van der Waals surface area (Å²) in [5.41, 5.74) is -0.316. The summed E-state index contributed by atoms with van der Waals surface area (Å²) >= 11 is 0. The van der Waals surface area contributed by atoms with E-state index < -0.39 is 32.5 Å². The van der Waals surface area contributed by atoms with Crippen LogP contribution in [0.5, 0.6) is 5.75 Å². The molecular weight excluding hydrogens is 287 g/mol. The van der Waals surface area contributed by atoms with Gasteiger partial charge >= 0.3 is 10.1 Å². The van der Waals surface area contributed by atoms with Crippen LogP contribution in [0.4, 0.5) is 4.39 Å². The molecule has 2 aromatic rings. The molecule has 0 heterocycles. The minimum atomic E-state index is -4.32. The third-order valence-corrected chi connectivity index (χ3v) is 3.62. The van der Waals surface area contributed by atoms with E-state index in [1.54, 1.807) is 0 Å². The molecule has 104 valence electrons. The Morgan fingerprint density at radius 1 is 1.10 bits per heavy atom. The smallest absolute Gasteiger partial charge is 0.339 e. The zero-order valence-electron chi connectivity index (χ0n) is 9.95. The van der Waals surface area contributed by atoms with Gasteiger partial charge in [-0.2, -0.15) is 8.42 Å². The van der Waals surface area contributed by atoms with Crippen molar-refractivity contribution < 1.29 is 26.9 Å². The van der Waals surface area contributed by atoms with Crippen molar-refractivity contribution in [2.75, 3.05) is 0 Å². The third-order valence-electron chi connectivity index (χ3n) is 2.39. The number of rotatable bonds is 4. The zero-order valence-corrected chi connectivity index (χ0v) is 10.8. The number of carboxylic acid groups (broad SMARTS) is 1. The summed E-state index contributed by atoms with van der Waals surface area (Å²) < 4.78 is 41.8. The Labute approximate surface area is 114 Å². The quantitative estimate of drug-likeness (QED) is 0.784. The fourth-order valence-electron chi connectivity index (χ4n) is 1.46. The van der Waals surface area contributed by atoms with Crippen LogP contribution in [0, 0.1) is 5.82 Å². The predicted molar refractivity (Wildman–Crippen MR) is 65.0 cm³/mol. The van der Waals surface area contributed by atoms with Crippen molar-refractivity contribution >= 4 is 16.1 Å². The molecule has 0 fully saturated rings. The first kappa shape index (κ1) is 14.0. The van der Waals surface area contributed by atoms with Crippen LogP contribution in [0.15, 0.2) is 53.4 Å². The van der Waals surface area contributed by atoms with Crippen molar-refractivity contribution in [2.24, 2.45) is 0 Å². The van der Waals surface area contributed by atoms with Crippen molar-refractivity contribution in [3.63, 3.8) is 0 Å². The Bertz CT molecular complexity index is 755. The molecule has 20 heavy (non-hydrogen) atoms. The minimum Gasteiger partial charge on any atom is -0.545 e. The van der Waals surface area contributed by atoms with Gasteiger partial charge in [-0.3, -0.25) is 0 Å². The van der Waals surface area contributed by atoms with Gasteiger partial charge < -0.3 is 14.1 Å². The fraction of sp³-hybridized carbons (Fsp3) is 0. The number of hydrogen-bond acceptors (Lipinski definition) is 5. The molecule has 0 amide bonds. The summed E-state index contributed by atoms with van der Waals surface area (Å²) in [5.74, 6) is -2.83. The van der Waals surface area contributed by atoms with E-state index in [2.05, 4.69) is 4.18 Å². The second-order valence-corrected chi connectivity index (χ2v) is 5.33. The average molecular weight is 295 g/mol. The number of carbonyl (C=O) groups excluding carboxylic acids is 1. The van der Waals surface area contributed by atoms with E-state index in [1.807, 2.05) is 0 Å². The zero-order chi connectivity index (χ0) is 14.8. The largest absolute Gasteiger partial charge is 0.545 e. The van der Waals surface area contributed by atoms with Crippen molar-refractivity contribution in [3.8, 4) is 5.75 Å². The summed E-state index contributed by atoms with van der Waals surface area (Å²) in [6, 6.07) is 9.41.